The van der Waals surface area contributed by atoms with Crippen molar-refractivity contribution >= 4 is 11.9 Å². The Morgan fingerprint density at radius 3 is 2.35 bits per heavy atom. The highest BCUT2D eigenvalue weighted by atomic mass is 16.4. The molecule has 3 unspecified atom stereocenters. The third-order valence-corrected chi connectivity index (χ3v) is 3.50. The van der Waals surface area contributed by atoms with E-state index in [0.717, 1.165) is 12.8 Å². The van der Waals surface area contributed by atoms with Crippen LogP contribution in [0.5, 0.6) is 0 Å². The first-order valence-electron chi connectivity index (χ1n) is 6.20. The van der Waals surface area contributed by atoms with E-state index in [9.17, 15) is 9.59 Å². The van der Waals surface area contributed by atoms with Crippen LogP contribution in [0.3, 0.4) is 0 Å². The lowest BCUT2D eigenvalue weighted by Gasteiger charge is -2.42. The predicted octanol–water partition coefficient (Wildman–Crippen LogP) is 0.839. The fourth-order valence-electron chi connectivity index (χ4n) is 2.65. The van der Waals surface area contributed by atoms with Gasteiger partial charge in [-0.2, -0.15) is 0 Å². The summed E-state index contributed by atoms with van der Waals surface area (Å²) in [5.74, 6) is -1.21. The van der Waals surface area contributed by atoms with Crippen LogP contribution in [0, 0.1) is 0 Å². The van der Waals surface area contributed by atoms with Crippen LogP contribution in [0.25, 0.3) is 0 Å². The summed E-state index contributed by atoms with van der Waals surface area (Å²) in [4.78, 5) is 24.4. The summed E-state index contributed by atoms with van der Waals surface area (Å²) in [7, 11) is 0. The first-order valence-corrected chi connectivity index (χ1v) is 6.20. The summed E-state index contributed by atoms with van der Waals surface area (Å²) in [5, 5.41) is 11.0. The molecule has 0 aromatic carbocycles. The molecule has 1 fully saturated rings. The second-order valence-corrected chi connectivity index (χ2v) is 4.86. The van der Waals surface area contributed by atoms with Gasteiger partial charge in [0.25, 0.3) is 0 Å². The first kappa shape index (κ1) is 14.0. The molecular weight excluding hydrogens is 220 g/mol. The van der Waals surface area contributed by atoms with Gasteiger partial charge in [0.05, 0.1) is 6.04 Å². The number of carboxylic acid groups (broad SMARTS) is 1. The second-order valence-electron chi connectivity index (χ2n) is 4.86. The number of likely N-dealkylation sites (tertiary alicyclic amines) is 1. The van der Waals surface area contributed by atoms with E-state index in [2.05, 4.69) is 24.1 Å². The zero-order chi connectivity index (χ0) is 13.0. The summed E-state index contributed by atoms with van der Waals surface area (Å²) < 4.78 is 0. The molecule has 0 saturated carbocycles. The standard InChI is InChI=1S/C12H22N2O3/c1-8-5-4-6-9(2)14(8)10(3)12(17)13-7-11(15)16/h8-10H,4-7H2,1-3H3,(H,13,17)(H,15,16). The molecule has 1 amide bonds. The third kappa shape index (κ3) is 3.70. The summed E-state index contributed by atoms with van der Waals surface area (Å²) in [5.41, 5.74) is 0. The van der Waals surface area contributed by atoms with Crippen molar-refractivity contribution in [2.24, 2.45) is 0 Å². The van der Waals surface area contributed by atoms with Crippen molar-refractivity contribution in [2.45, 2.75) is 58.2 Å². The van der Waals surface area contributed by atoms with Gasteiger partial charge in [-0.05, 0) is 33.6 Å². The quantitative estimate of drug-likeness (QED) is 0.766. The predicted molar refractivity (Wildman–Crippen MR) is 64.7 cm³/mol. The molecule has 5 heteroatoms. The smallest absolute Gasteiger partial charge is 0.322 e. The van der Waals surface area contributed by atoms with Crippen molar-refractivity contribution in [3.63, 3.8) is 0 Å². The van der Waals surface area contributed by atoms with E-state index in [1.165, 1.54) is 6.42 Å². The summed E-state index contributed by atoms with van der Waals surface area (Å²) in [6.07, 6.45) is 3.39. The number of carboxylic acids is 1. The van der Waals surface area contributed by atoms with Crippen molar-refractivity contribution in [3.05, 3.63) is 0 Å². The van der Waals surface area contributed by atoms with Gasteiger partial charge in [-0.1, -0.05) is 6.42 Å². The number of carbonyl (C=O) groups is 2. The average molecular weight is 242 g/mol. The number of amides is 1. The highest BCUT2D eigenvalue weighted by molar-refractivity contribution is 5.84. The normalized spacial score (nSPS) is 27.5. The Balaban J connectivity index is 2.57. The van der Waals surface area contributed by atoms with Crippen LogP contribution in [0.15, 0.2) is 0 Å². The fourth-order valence-corrected chi connectivity index (χ4v) is 2.65. The number of hydrogen-bond acceptors (Lipinski definition) is 3. The van der Waals surface area contributed by atoms with Gasteiger partial charge in [-0.15, -0.1) is 0 Å². The van der Waals surface area contributed by atoms with E-state index in [0.29, 0.717) is 12.1 Å². The van der Waals surface area contributed by atoms with Crippen LogP contribution in [-0.2, 0) is 9.59 Å². The van der Waals surface area contributed by atoms with Crippen molar-refractivity contribution < 1.29 is 14.7 Å². The molecule has 5 nitrogen and oxygen atoms in total. The molecule has 1 aliphatic rings. The minimum Gasteiger partial charge on any atom is -0.480 e. The lowest BCUT2D eigenvalue weighted by Crippen LogP contribution is -2.54. The minimum atomic E-state index is -1.01. The van der Waals surface area contributed by atoms with Crippen molar-refractivity contribution in [1.82, 2.24) is 10.2 Å². The highest BCUT2D eigenvalue weighted by Crippen LogP contribution is 2.24. The monoisotopic (exact) mass is 242 g/mol. The summed E-state index contributed by atoms with van der Waals surface area (Å²) >= 11 is 0. The van der Waals surface area contributed by atoms with Gasteiger partial charge in [0.15, 0.2) is 0 Å². The largest absolute Gasteiger partial charge is 0.480 e. The molecule has 1 rings (SSSR count). The molecule has 0 aromatic heterocycles. The highest BCUT2D eigenvalue weighted by Gasteiger charge is 2.32. The summed E-state index contributed by atoms with van der Waals surface area (Å²) in [6.45, 7) is 5.78. The van der Waals surface area contributed by atoms with E-state index in [-0.39, 0.29) is 18.5 Å². The van der Waals surface area contributed by atoms with Crippen LogP contribution in [-0.4, -0.2) is 46.6 Å². The second kappa shape index (κ2) is 6.00. The lowest BCUT2D eigenvalue weighted by molar-refractivity contribution is -0.139. The van der Waals surface area contributed by atoms with Crippen molar-refractivity contribution in [3.8, 4) is 0 Å². The molecule has 17 heavy (non-hydrogen) atoms. The maximum atomic E-state index is 11.8. The molecule has 98 valence electrons. The third-order valence-electron chi connectivity index (χ3n) is 3.50. The molecule has 0 spiro atoms. The average Bonchev–Trinajstić information content (AvgIpc) is 2.25. The van der Waals surface area contributed by atoms with E-state index in [4.69, 9.17) is 5.11 Å². The zero-order valence-electron chi connectivity index (χ0n) is 10.8. The molecule has 3 atom stereocenters. The number of aliphatic carboxylic acids is 1. The molecule has 0 radical (unpaired) electrons. The number of nitrogens with zero attached hydrogens (tertiary/aromatic N) is 1. The van der Waals surface area contributed by atoms with Gasteiger partial charge in [-0.3, -0.25) is 14.5 Å². The first-order chi connectivity index (χ1) is 7.93. The van der Waals surface area contributed by atoms with Crippen LogP contribution in [0.1, 0.15) is 40.0 Å². The Hall–Kier alpha value is -1.10. The van der Waals surface area contributed by atoms with Crippen LogP contribution in [0.2, 0.25) is 0 Å². The Bertz CT molecular complexity index is 283. The molecule has 0 bridgehead atoms. The van der Waals surface area contributed by atoms with Gasteiger partial charge < -0.3 is 10.4 Å². The molecular formula is C12H22N2O3. The molecule has 0 aliphatic carbocycles. The number of hydrogen-bond donors (Lipinski definition) is 2. The SMILES string of the molecule is CC1CCCC(C)N1C(C)C(=O)NCC(=O)O. The van der Waals surface area contributed by atoms with E-state index in [1.807, 2.05) is 6.92 Å². The van der Waals surface area contributed by atoms with Crippen LogP contribution < -0.4 is 5.32 Å². The molecule has 1 heterocycles. The van der Waals surface area contributed by atoms with Crippen LogP contribution >= 0.6 is 0 Å². The zero-order valence-corrected chi connectivity index (χ0v) is 10.8. The van der Waals surface area contributed by atoms with Crippen molar-refractivity contribution in [1.29, 1.82) is 0 Å². The maximum Gasteiger partial charge on any atom is 0.322 e. The van der Waals surface area contributed by atoms with Crippen molar-refractivity contribution in [2.75, 3.05) is 6.54 Å². The number of rotatable bonds is 4. The molecule has 1 saturated heterocycles. The van der Waals surface area contributed by atoms with E-state index in [1.54, 1.807) is 0 Å². The van der Waals surface area contributed by atoms with E-state index >= 15 is 0 Å². The van der Waals surface area contributed by atoms with Crippen LogP contribution in [0.4, 0.5) is 0 Å². The van der Waals surface area contributed by atoms with Gasteiger partial charge in [0.1, 0.15) is 6.54 Å². The van der Waals surface area contributed by atoms with E-state index < -0.39 is 5.97 Å². The molecule has 0 aromatic rings. The number of nitrogens with one attached hydrogen (secondary N) is 1. The van der Waals surface area contributed by atoms with Gasteiger partial charge >= 0.3 is 5.97 Å². The molecule has 2 N–H and O–H groups in total. The Labute approximate surface area is 102 Å². The fraction of sp³-hybridized carbons (Fsp3) is 0.833. The number of carbonyl (C=O) groups excluding carboxylic acids is 1. The number of piperidine rings is 1. The minimum absolute atomic E-state index is 0.201. The lowest BCUT2D eigenvalue weighted by atomic mass is 9.95. The van der Waals surface area contributed by atoms with Gasteiger partial charge in [-0.25, -0.2) is 0 Å². The topological polar surface area (TPSA) is 69.6 Å². The Kier molecular flexibility index (Phi) is 4.93. The molecule has 1 aliphatic heterocycles. The van der Waals surface area contributed by atoms with Gasteiger partial charge in [0.2, 0.25) is 5.91 Å². The maximum absolute atomic E-state index is 11.8. The Morgan fingerprint density at radius 2 is 1.88 bits per heavy atom. The van der Waals surface area contributed by atoms with Gasteiger partial charge in [0, 0.05) is 12.1 Å². The Morgan fingerprint density at radius 1 is 1.35 bits per heavy atom. The summed E-state index contributed by atoms with van der Waals surface area (Å²) in [6, 6.07) is 0.494.